The zero-order valence-corrected chi connectivity index (χ0v) is 12.2. The number of rotatable bonds is 2. The van der Waals surface area contributed by atoms with Crippen molar-refractivity contribution < 1.29 is 4.74 Å². The molecule has 2 aromatic rings. The second-order valence-electron chi connectivity index (χ2n) is 4.54. The van der Waals surface area contributed by atoms with E-state index in [1.165, 1.54) is 14.3 Å². The molecule has 0 saturated carbocycles. The molecule has 94 valence electrons. The third kappa shape index (κ3) is 2.44. The number of fused-ring (bicyclic) bond motifs is 1. The lowest BCUT2D eigenvalue weighted by molar-refractivity contribution is 0.161. The van der Waals surface area contributed by atoms with Gasteiger partial charge in [-0.2, -0.15) is 0 Å². The topological polar surface area (TPSA) is 34.1 Å². The molecule has 18 heavy (non-hydrogen) atoms. The maximum atomic E-state index is 6.13. The van der Waals surface area contributed by atoms with Crippen LogP contribution < -0.4 is 10.1 Å². The molecule has 1 N–H and O–H groups in total. The summed E-state index contributed by atoms with van der Waals surface area (Å²) in [4.78, 5) is 4.15. The smallest absolute Gasteiger partial charge is 0.133 e. The number of hydrogen-bond acceptors (Lipinski definition) is 3. The predicted molar refractivity (Wildman–Crippen MR) is 81.0 cm³/mol. The maximum absolute atomic E-state index is 6.13. The molecule has 1 fully saturated rings. The van der Waals surface area contributed by atoms with Crippen molar-refractivity contribution >= 4 is 33.4 Å². The number of piperidine rings is 1. The number of aromatic nitrogens is 1. The first-order valence-electron chi connectivity index (χ1n) is 6.24. The highest BCUT2D eigenvalue weighted by atomic mass is 127. The number of benzene rings is 1. The monoisotopic (exact) mass is 354 g/mol. The summed E-state index contributed by atoms with van der Waals surface area (Å²) in [5.41, 5.74) is 0. The molecule has 3 rings (SSSR count). The van der Waals surface area contributed by atoms with Gasteiger partial charge in [0.25, 0.3) is 0 Å². The summed E-state index contributed by atoms with van der Waals surface area (Å²) >= 11 is 2.37. The molecular weight excluding hydrogens is 339 g/mol. The summed E-state index contributed by atoms with van der Waals surface area (Å²) in [6.45, 7) is 2.11. The number of ether oxygens (including phenoxy) is 1. The van der Waals surface area contributed by atoms with Gasteiger partial charge in [0.15, 0.2) is 0 Å². The molecule has 0 unspecified atom stereocenters. The molecule has 0 atom stereocenters. The second-order valence-corrected chi connectivity index (χ2v) is 5.62. The van der Waals surface area contributed by atoms with E-state index in [9.17, 15) is 0 Å². The number of hydrogen-bond donors (Lipinski definition) is 1. The average Bonchev–Trinajstić information content (AvgIpc) is 2.43. The van der Waals surface area contributed by atoms with Crippen LogP contribution in [0.4, 0.5) is 0 Å². The van der Waals surface area contributed by atoms with Crippen LogP contribution in [0.15, 0.2) is 30.6 Å². The highest BCUT2D eigenvalue weighted by Crippen LogP contribution is 2.30. The average molecular weight is 354 g/mol. The van der Waals surface area contributed by atoms with Crippen LogP contribution in [-0.2, 0) is 0 Å². The molecule has 2 heterocycles. The summed E-state index contributed by atoms with van der Waals surface area (Å²) in [5.74, 6) is 1.00. The van der Waals surface area contributed by atoms with E-state index in [2.05, 4.69) is 45.0 Å². The normalized spacial score (nSPS) is 16.9. The van der Waals surface area contributed by atoms with Gasteiger partial charge in [0.05, 0.1) is 3.57 Å². The summed E-state index contributed by atoms with van der Waals surface area (Å²) in [6, 6.07) is 6.20. The Balaban J connectivity index is 1.89. The second kappa shape index (κ2) is 5.40. The van der Waals surface area contributed by atoms with E-state index in [1.807, 2.05) is 18.5 Å². The van der Waals surface area contributed by atoms with Gasteiger partial charge >= 0.3 is 0 Å². The fourth-order valence-corrected chi connectivity index (χ4v) is 3.09. The SMILES string of the molecule is Ic1c(OC2CCNCC2)ccc2cnccc12. The molecule has 1 aliphatic rings. The fourth-order valence-electron chi connectivity index (χ4n) is 2.29. The predicted octanol–water partition coefficient (Wildman–Crippen LogP) is 2.97. The van der Waals surface area contributed by atoms with Crippen LogP contribution in [-0.4, -0.2) is 24.2 Å². The first-order chi connectivity index (χ1) is 8.84. The van der Waals surface area contributed by atoms with Gasteiger partial charge in [0, 0.05) is 23.2 Å². The Morgan fingerprint density at radius 2 is 2.06 bits per heavy atom. The molecule has 3 nitrogen and oxygen atoms in total. The van der Waals surface area contributed by atoms with Gasteiger partial charge in [-0.05, 0) is 66.7 Å². The van der Waals surface area contributed by atoms with Crippen LogP contribution in [0.5, 0.6) is 5.75 Å². The van der Waals surface area contributed by atoms with Crippen LogP contribution in [0.2, 0.25) is 0 Å². The Kier molecular flexibility index (Phi) is 3.65. The summed E-state index contributed by atoms with van der Waals surface area (Å²) in [5, 5.41) is 5.74. The third-order valence-corrected chi connectivity index (χ3v) is 4.41. The lowest BCUT2D eigenvalue weighted by Crippen LogP contribution is -2.34. The van der Waals surface area contributed by atoms with Crippen molar-refractivity contribution in [1.82, 2.24) is 10.3 Å². The van der Waals surface area contributed by atoms with E-state index in [-0.39, 0.29) is 0 Å². The van der Waals surface area contributed by atoms with Gasteiger partial charge in [0.2, 0.25) is 0 Å². The largest absolute Gasteiger partial charge is 0.489 e. The van der Waals surface area contributed by atoms with Crippen molar-refractivity contribution in [1.29, 1.82) is 0 Å². The highest BCUT2D eigenvalue weighted by molar-refractivity contribution is 14.1. The van der Waals surface area contributed by atoms with E-state index in [1.54, 1.807) is 0 Å². The van der Waals surface area contributed by atoms with Gasteiger partial charge in [0.1, 0.15) is 11.9 Å². The van der Waals surface area contributed by atoms with Gasteiger partial charge in [-0.15, -0.1) is 0 Å². The van der Waals surface area contributed by atoms with E-state index in [4.69, 9.17) is 4.74 Å². The first kappa shape index (κ1) is 12.2. The standard InChI is InChI=1S/C14H15IN2O/c15-14-12-5-8-17-9-10(12)1-2-13(14)18-11-3-6-16-7-4-11/h1-2,5,8-9,11,16H,3-4,6-7H2. The van der Waals surface area contributed by atoms with Crippen molar-refractivity contribution in [3.8, 4) is 5.75 Å². The van der Waals surface area contributed by atoms with Gasteiger partial charge in [-0.25, -0.2) is 0 Å². The molecule has 4 heteroatoms. The van der Waals surface area contributed by atoms with E-state index < -0.39 is 0 Å². The van der Waals surface area contributed by atoms with Gasteiger partial charge < -0.3 is 10.1 Å². The Morgan fingerprint density at radius 1 is 1.22 bits per heavy atom. The van der Waals surface area contributed by atoms with E-state index >= 15 is 0 Å². The van der Waals surface area contributed by atoms with Crippen LogP contribution in [0.25, 0.3) is 10.8 Å². The van der Waals surface area contributed by atoms with E-state index in [0.717, 1.165) is 31.7 Å². The van der Waals surface area contributed by atoms with Gasteiger partial charge in [-0.1, -0.05) is 0 Å². The molecule has 0 amide bonds. The van der Waals surface area contributed by atoms with Crippen molar-refractivity contribution in [2.75, 3.05) is 13.1 Å². The Bertz CT molecular complexity index is 552. The molecule has 1 aromatic carbocycles. The number of nitrogens with zero attached hydrogens (tertiary/aromatic N) is 1. The Labute approximate surface area is 120 Å². The maximum Gasteiger partial charge on any atom is 0.133 e. The summed E-state index contributed by atoms with van der Waals surface area (Å²) in [6.07, 6.45) is 6.25. The molecule has 0 radical (unpaired) electrons. The van der Waals surface area contributed by atoms with Crippen molar-refractivity contribution in [3.63, 3.8) is 0 Å². The lowest BCUT2D eigenvalue weighted by Gasteiger charge is -2.24. The minimum absolute atomic E-state index is 0.346. The Morgan fingerprint density at radius 3 is 2.89 bits per heavy atom. The molecular formula is C14H15IN2O. The highest BCUT2D eigenvalue weighted by Gasteiger charge is 2.16. The zero-order valence-electron chi connectivity index (χ0n) is 10.0. The molecule has 1 aromatic heterocycles. The molecule has 0 spiro atoms. The van der Waals surface area contributed by atoms with Gasteiger partial charge in [-0.3, -0.25) is 4.98 Å². The molecule has 0 bridgehead atoms. The van der Waals surface area contributed by atoms with Crippen molar-refractivity contribution in [2.24, 2.45) is 0 Å². The van der Waals surface area contributed by atoms with Crippen LogP contribution >= 0.6 is 22.6 Å². The number of halogens is 1. The third-order valence-electron chi connectivity index (χ3n) is 3.30. The quantitative estimate of drug-likeness (QED) is 0.842. The minimum atomic E-state index is 0.346. The number of pyridine rings is 1. The van der Waals surface area contributed by atoms with Crippen LogP contribution in [0.3, 0.4) is 0 Å². The van der Waals surface area contributed by atoms with Crippen LogP contribution in [0.1, 0.15) is 12.8 Å². The zero-order chi connectivity index (χ0) is 12.4. The Hall–Kier alpha value is -0.880. The first-order valence-corrected chi connectivity index (χ1v) is 7.32. The number of nitrogens with one attached hydrogen (secondary N) is 1. The molecule has 1 aliphatic heterocycles. The summed E-state index contributed by atoms with van der Waals surface area (Å²) in [7, 11) is 0. The summed E-state index contributed by atoms with van der Waals surface area (Å²) < 4.78 is 7.31. The molecule has 0 aliphatic carbocycles. The molecule has 1 saturated heterocycles. The van der Waals surface area contributed by atoms with Crippen LogP contribution in [0, 0.1) is 3.57 Å². The van der Waals surface area contributed by atoms with Crippen molar-refractivity contribution in [3.05, 3.63) is 34.2 Å². The minimum Gasteiger partial charge on any atom is -0.489 e. The van der Waals surface area contributed by atoms with Crippen molar-refractivity contribution in [2.45, 2.75) is 18.9 Å². The fraction of sp³-hybridized carbons (Fsp3) is 0.357. The lowest BCUT2D eigenvalue weighted by atomic mass is 10.1. The van der Waals surface area contributed by atoms with E-state index in [0.29, 0.717) is 6.10 Å².